The van der Waals surface area contributed by atoms with Gasteiger partial charge in [-0.05, 0) is 17.7 Å². The van der Waals surface area contributed by atoms with Gasteiger partial charge in [-0.15, -0.1) is 0 Å². The van der Waals surface area contributed by atoms with Crippen molar-refractivity contribution < 1.29 is 14.8 Å². The zero-order valence-corrected chi connectivity index (χ0v) is 14.2. The molecule has 0 saturated heterocycles. The molecule has 2 aromatic carbocycles. The number of anilines is 1. The minimum Gasteiger partial charge on any atom is -0.480 e. The number of rotatable bonds is 5. The van der Waals surface area contributed by atoms with Gasteiger partial charge in [0.15, 0.2) is 0 Å². The van der Waals surface area contributed by atoms with Crippen LogP contribution in [0.5, 0.6) is 0 Å². The molecule has 8 nitrogen and oxygen atoms in total. The third-order valence-corrected chi connectivity index (χ3v) is 4.15. The number of aliphatic carboxylic acids is 1. The highest BCUT2D eigenvalue weighted by molar-refractivity contribution is 6.32. The van der Waals surface area contributed by atoms with Crippen LogP contribution in [0, 0.1) is 10.1 Å². The van der Waals surface area contributed by atoms with E-state index in [2.05, 4.69) is 10.9 Å². The number of hydrogen-bond donors (Lipinski definition) is 3. The summed E-state index contributed by atoms with van der Waals surface area (Å²) in [4.78, 5) is 21.5. The summed E-state index contributed by atoms with van der Waals surface area (Å²) in [5, 5.41) is 22.0. The number of hydrogen-bond acceptors (Lipinski definition) is 6. The van der Waals surface area contributed by atoms with Crippen molar-refractivity contribution in [3.05, 3.63) is 74.8 Å². The lowest BCUT2D eigenvalue weighted by atomic mass is 9.96. The van der Waals surface area contributed by atoms with E-state index in [0.29, 0.717) is 22.8 Å². The van der Waals surface area contributed by atoms with Crippen LogP contribution in [0.4, 0.5) is 11.4 Å². The first-order chi connectivity index (χ1) is 12.5. The molecule has 0 spiro atoms. The summed E-state index contributed by atoms with van der Waals surface area (Å²) >= 11 is 6.32. The molecule has 0 aromatic heterocycles. The zero-order valence-electron chi connectivity index (χ0n) is 13.5. The summed E-state index contributed by atoms with van der Waals surface area (Å²) in [5.74, 6) is -1.00. The van der Waals surface area contributed by atoms with Crippen LogP contribution < -0.4 is 10.9 Å². The van der Waals surface area contributed by atoms with Crippen molar-refractivity contribution in [2.75, 3.05) is 18.5 Å². The predicted molar refractivity (Wildman–Crippen MR) is 97.6 cm³/mol. The van der Waals surface area contributed by atoms with Gasteiger partial charge >= 0.3 is 5.97 Å². The fraction of sp³-hybridized carbons (Fsp3) is 0.118. The molecule has 1 aliphatic rings. The number of hydrazine groups is 2. The second-order valence-electron chi connectivity index (χ2n) is 5.54. The van der Waals surface area contributed by atoms with Crippen molar-refractivity contribution in [1.29, 1.82) is 0 Å². The maximum Gasteiger partial charge on any atom is 0.318 e. The van der Waals surface area contributed by atoms with E-state index in [-0.39, 0.29) is 12.2 Å². The Labute approximate surface area is 153 Å². The summed E-state index contributed by atoms with van der Waals surface area (Å²) in [5.41, 5.74) is 8.39. The van der Waals surface area contributed by atoms with Crippen LogP contribution in [0.3, 0.4) is 0 Å². The van der Waals surface area contributed by atoms with E-state index in [1.807, 2.05) is 18.2 Å². The molecule has 9 heteroatoms. The van der Waals surface area contributed by atoms with Crippen molar-refractivity contribution in [2.24, 2.45) is 0 Å². The predicted octanol–water partition coefficient (Wildman–Crippen LogP) is 2.91. The number of nitro groups is 1. The smallest absolute Gasteiger partial charge is 0.318 e. The topological polar surface area (TPSA) is 108 Å². The van der Waals surface area contributed by atoms with Crippen LogP contribution in [-0.4, -0.2) is 34.2 Å². The minimum atomic E-state index is -1.00. The monoisotopic (exact) mass is 374 g/mol. The summed E-state index contributed by atoms with van der Waals surface area (Å²) < 4.78 is 0. The van der Waals surface area contributed by atoms with Gasteiger partial charge < -0.3 is 10.5 Å². The SMILES string of the molecule is O=C(O)CNN1CC=C(c2ccccc2Cl)c2cc([N+](=O)[O-])ccc2N1. The van der Waals surface area contributed by atoms with Crippen LogP contribution in [-0.2, 0) is 4.79 Å². The van der Waals surface area contributed by atoms with E-state index in [1.54, 1.807) is 18.2 Å². The van der Waals surface area contributed by atoms with Crippen LogP contribution in [0.15, 0.2) is 48.5 Å². The molecule has 0 bridgehead atoms. The number of fused-ring (bicyclic) bond motifs is 1. The van der Waals surface area contributed by atoms with Crippen molar-refractivity contribution in [2.45, 2.75) is 0 Å². The molecule has 0 aliphatic carbocycles. The number of nitrogens with zero attached hydrogens (tertiary/aromatic N) is 2. The second-order valence-corrected chi connectivity index (χ2v) is 5.94. The fourth-order valence-electron chi connectivity index (χ4n) is 2.65. The van der Waals surface area contributed by atoms with Gasteiger partial charge in [-0.25, -0.2) is 5.43 Å². The van der Waals surface area contributed by atoms with Gasteiger partial charge in [-0.2, -0.15) is 5.12 Å². The van der Waals surface area contributed by atoms with Gasteiger partial charge in [-0.3, -0.25) is 14.9 Å². The molecule has 0 radical (unpaired) electrons. The second kappa shape index (κ2) is 7.52. The molecule has 2 aromatic rings. The number of halogens is 1. The third-order valence-electron chi connectivity index (χ3n) is 3.82. The Hall–Kier alpha value is -2.94. The number of carbonyl (C=O) groups is 1. The lowest BCUT2D eigenvalue weighted by molar-refractivity contribution is -0.384. The highest BCUT2D eigenvalue weighted by atomic mass is 35.5. The fourth-order valence-corrected chi connectivity index (χ4v) is 2.89. The largest absolute Gasteiger partial charge is 0.480 e. The number of carboxylic acids is 1. The van der Waals surface area contributed by atoms with Crippen molar-refractivity contribution >= 4 is 34.5 Å². The maximum atomic E-state index is 11.2. The zero-order chi connectivity index (χ0) is 18.7. The first-order valence-corrected chi connectivity index (χ1v) is 8.07. The highest BCUT2D eigenvalue weighted by Gasteiger charge is 2.21. The molecular weight excluding hydrogens is 360 g/mol. The third kappa shape index (κ3) is 3.83. The molecular formula is C17H15ClN4O4. The van der Waals surface area contributed by atoms with E-state index in [1.165, 1.54) is 17.3 Å². The van der Waals surface area contributed by atoms with Gasteiger partial charge in [0.2, 0.25) is 0 Å². The van der Waals surface area contributed by atoms with Gasteiger partial charge in [0.25, 0.3) is 5.69 Å². The van der Waals surface area contributed by atoms with Crippen LogP contribution in [0.2, 0.25) is 5.02 Å². The van der Waals surface area contributed by atoms with Gasteiger partial charge in [-0.1, -0.05) is 35.9 Å². The number of carboxylic acid groups (broad SMARTS) is 1. The maximum absolute atomic E-state index is 11.2. The number of nitrogens with one attached hydrogen (secondary N) is 2. The molecule has 0 atom stereocenters. The molecule has 26 heavy (non-hydrogen) atoms. The van der Waals surface area contributed by atoms with Crippen molar-refractivity contribution in [1.82, 2.24) is 10.5 Å². The summed E-state index contributed by atoms with van der Waals surface area (Å²) in [7, 11) is 0. The molecule has 1 aliphatic heterocycles. The summed E-state index contributed by atoms with van der Waals surface area (Å²) in [6.07, 6.45) is 1.83. The first kappa shape index (κ1) is 17.9. The standard InChI is InChI=1S/C17H15ClN4O4/c18-15-4-2-1-3-13(15)12-7-8-21(19-10-17(23)24)20-16-6-5-11(22(25)26)9-14(12)16/h1-7,9,19-20H,8,10H2,(H,23,24). The molecule has 3 rings (SSSR count). The highest BCUT2D eigenvalue weighted by Crippen LogP contribution is 2.36. The summed E-state index contributed by atoms with van der Waals surface area (Å²) in [6, 6.07) is 11.6. The quantitative estimate of drug-likeness (QED) is 0.545. The van der Waals surface area contributed by atoms with Crippen LogP contribution in [0.25, 0.3) is 5.57 Å². The number of nitro benzene ring substituents is 1. The molecule has 0 fully saturated rings. The Bertz CT molecular complexity index is 900. The molecule has 0 unspecified atom stereocenters. The molecule has 134 valence electrons. The Balaban J connectivity index is 2.08. The van der Waals surface area contributed by atoms with E-state index >= 15 is 0 Å². The lowest BCUT2D eigenvalue weighted by Gasteiger charge is -2.22. The van der Waals surface area contributed by atoms with Crippen LogP contribution in [0.1, 0.15) is 11.1 Å². The first-order valence-electron chi connectivity index (χ1n) is 7.69. The van der Waals surface area contributed by atoms with Gasteiger partial charge in [0.1, 0.15) is 6.54 Å². The molecule has 1 heterocycles. The summed E-state index contributed by atoms with van der Waals surface area (Å²) in [6.45, 7) is 0.0426. The Morgan fingerprint density at radius 3 is 2.77 bits per heavy atom. The molecule has 3 N–H and O–H groups in total. The van der Waals surface area contributed by atoms with E-state index in [9.17, 15) is 14.9 Å². The van der Waals surface area contributed by atoms with Gasteiger partial charge in [0, 0.05) is 28.3 Å². The van der Waals surface area contributed by atoms with Gasteiger partial charge in [0.05, 0.1) is 17.2 Å². The number of benzene rings is 2. The van der Waals surface area contributed by atoms with Crippen LogP contribution >= 0.6 is 11.6 Å². The van der Waals surface area contributed by atoms with Crippen molar-refractivity contribution in [3.8, 4) is 0 Å². The Morgan fingerprint density at radius 2 is 2.08 bits per heavy atom. The van der Waals surface area contributed by atoms with E-state index in [0.717, 1.165) is 11.1 Å². The lowest BCUT2D eigenvalue weighted by Crippen LogP contribution is -2.44. The Morgan fingerprint density at radius 1 is 1.31 bits per heavy atom. The van der Waals surface area contributed by atoms with E-state index < -0.39 is 10.9 Å². The molecule has 0 amide bonds. The average Bonchev–Trinajstić information content (AvgIpc) is 2.79. The minimum absolute atomic E-state index is 0.0459. The Kier molecular flexibility index (Phi) is 5.17. The average molecular weight is 375 g/mol. The number of non-ortho nitro benzene ring substituents is 1. The normalized spacial score (nSPS) is 14.0. The molecule has 0 saturated carbocycles. The van der Waals surface area contributed by atoms with E-state index in [4.69, 9.17) is 16.7 Å². The van der Waals surface area contributed by atoms with Crippen molar-refractivity contribution in [3.63, 3.8) is 0 Å².